The van der Waals surface area contributed by atoms with Crippen molar-refractivity contribution in [3.8, 4) is 11.5 Å². The van der Waals surface area contributed by atoms with Crippen LogP contribution in [0.4, 0.5) is 0 Å². The van der Waals surface area contributed by atoms with E-state index in [9.17, 15) is 0 Å². The van der Waals surface area contributed by atoms with Crippen LogP contribution in [0.3, 0.4) is 0 Å². The Bertz CT molecular complexity index is 428. The first kappa shape index (κ1) is 16.1. The van der Waals surface area contributed by atoms with Crippen molar-refractivity contribution < 1.29 is 14.2 Å². The molecule has 1 aromatic rings. The minimum Gasteiger partial charge on any atom is -0.490 e. The lowest BCUT2D eigenvalue weighted by atomic mass is 10.1. The largest absolute Gasteiger partial charge is 0.490 e. The average molecular weight is 293 g/mol. The SMILES string of the molecule is CCOc1cccc(CNCC(C)C)c1OC1CCOC1. The van der Waals surface area contributed by atoms with Gasteiger partial charge in [0.2, 0.25) is 0 Å². The summed E-state index contributed by atoms with van der Waals surface area (Å²) in [5, 5.41) is 3.47. The van der Waals surface area contributed by atoms with Gasteiger partial charge < -0.3 is 19.5 Å². The lowest BCUT2D eigenvalue weighted by Gasteiger charge is -2.19. The van der Waals surface area contributed by atoms with E-state index in [1.807, 2.05) is 19.1 Å². The van der Waals surface area contributed by atoms with Crippen LogP contribution < -0.4 is 14.8 Å². The van der Waals surface area contributed by atoms with Crippen LogP contribution >= 0.6 is 0 Å². The molecule has 0 aromatic heterocycles. The summed E-state index contributed by atoms with van der Waals surface area (Å²) >= 11 is 0. The lowest BCUT2D eigenvalue weighted by molar-refractivity contribution is 0.137. The molecule has 1 unspecified atom stereocenters. The molecule has 1 aliphatic rings. The summed E-state index contributed by atoms with van der Waals surface area (Å²) in [4.78, 5) is 0. The second-order valence-electron chi connectivity index (χ2n) is 5.81. The van der Waals surface area contributed by atoms with Crippen molar-refractivity contribution in [1.82, 2.24) is 5.32 Å². The molecule has 0 bridgehead atoms. The van der Waals surface area contributed by atoms with Crippen LogP contribution in [0.2, 0.25) is 0 Å². The van der Waals surface area contributed by atoms with Crippen LogP contribution in [0.1, 0.15) is 32.8 Å². The van der Waals surface area contributed by atoms with Crippen molar-refractivity contribution in [3.05, 3.63) is 23.8 Å². The molecule has 1 saturated heterocycles. The Morgan fingerprint density at radius 2 is 2.24 bits per heavy atom. The van der Waals surface area contributed by atoms with Gasteiger partial charge in [-0.1, -0.05) is 26.0 Å². The summed E-state index contributed by atoms with van der Waals surface area (Å²) in [7, 11) is 0. The van der Waals surface area contributed by atoms with Gasteiger partial charge in [0.1, 0.15) is 6.10 Å². The smallest absolute Gasteiger partial charge is 0.166 e. The first-order chi connectivity index (χ1) is 10.2. The molecular formula is C17H27NO3. The molecule has 1 aliphatic heterocycles. The minimum atomic E-state index is 0.135. The zero-order valence-corrected chi connectivity index (χ0v) is 13.4. The Morgan fingerprint density at radius 3 is 2.90 bits per heavy atom. The third-order valence-corrected chi connectivity index (χ3v) is 3.40. The highest BCUT2D eigenvalue weighted by atomic mass is 16.6. The van der Waals surface area contributed by atoms with E-state index in [0.29, 0.717) is 19.1 Å². The first-order valence-electron chi connectivity index (χ1n) is 7.90. The van der Waals surface area contributed by atoms with Gasteiger partial charge in [-0.15, -0.1) is 0 Å². The maximum Gasteiger partial charge on any atom is 0.166 e. The van der Waals surface area contributed by atoms with E-state index in [2.05, 4.69) is 25.2 Å². The molecule has 0 aliphatic carbocycles. The summed E-state index contributed by atoms with van der Waals surface area (Å²) in [5.74, 6) is 2.33. The quantitative estimate of drug-likeness (QED) is 0.800. The van der Waals surface area contributed by atoms with Crippen molar-refractivity contribution in [3.63, 3.8) is 0 Å². The Balaban J connectivity index is 2.10. The summed E-state index contributed by atoms with van der Waals surface area (Å²) in [5.41, 5.74) is 1.15. The van der Waals surface area contributed by atoms with Crippen molar-refractivity contribution in [2.24, 2.45) is 5.92 Å². The van der Waals surface area contributed by atoms with Gasteiger partial charge in [0.15, 0.2) is 11.5 Å². The molecule has 1 atom stereocenters. The van der Waals surface area contributed by atoms with Crippen molar-refractivity contribution in [1.29, 1.82) is 0 Å². The molecule has 4 nitrogen and oxygen atoms in total. The minimum absolute atomic E-state index is 0.135. The fraction of sp³-hybridized carbons (Fsp3) is 0.647. The van der Waals surface area contributed by atoms with Gasteiger partial charge in [-0.25, -0.2) is 0 Å². The second-order valence-corrected chi connectivity index (χ2v) is 5.81. The zero-order chi connectivity index (χ0) is 15.1. The summed E-state index contributed by atoms with van der Waals surface area (Å²) in [6, 6.07) is 6.09. The molecule has 0 radical (unpaired) electrons. The van der Waals surface area contributed by atoms with Gasteiger partial charge >= 0.3 is 0 Å². The van der Waals surface area contributed by atoms with E-state index < -0.39 is 0 Å². The summed E-state index contributed by atoms with van der Waals surface area (Å²) < 4.78 is 17.3. The van der Waals surface area contributed by atoms with E-state index in [-0.39, 0.29) is 6.10 Å². The third kappa shape index (κ3) is 4.90. The zero-order valence-electron chi connectivity index (χ0n) is 13.4. The number of hydrogen-bond acceptors (Lipinski definition) is 4. The van der Waals surface area contributed by atoms with Crippen LogP contribution in [-0.2, 0) is 11.3 Å². The van der Waals surface area contributed by atoms with E-state index in [4.69, 9.17) is 14.2 Å². The average Bonchev–Trinajstić information content (AvgIpc) is 2.95. The van der Waals surface area contributed by atoms with E-state index in [0.717, 1.165) is 43.2 Å². The van der Waals surface area contributed by atoms with Crippen molar-refractivity contribution >= 4 is 0 Å². The van der Waals surface area contributed by atoms with Gasteiger partial charge in [-0.2, -0.15) is 0 Å². The monoisotopic (exact) mass is 293 g/mol. The van der Waals surface area contributed by atoms with Gasteiger partial charge in [0, 0.05) is 18.5 Å². The normalized spacial score (nSPS) is 18.2. The number of rotatable bonds is 8. The topological polar surface area (TPSA) is 39.7 Å². The van der Waals surface area contributed by atoms with Crippen LogP contribution in [0.25, 0.3) is 0 Å². The molecule has 0 spiro atoms. The van der Waals surface area contributed by atoms with Gasteiger partial charge in [0.25, 0.3) is 0 Å². The number of ether oxygens (including phenoxy) is 3. The van der Waals surface area contributed by atoms with Crippen molar-refractivity contribution in [2.45, 2.75) is 39.8 Å². The predicted molar refractivity (Wildman–Crippen MR) is 84.0 cm³/mol. The van der Waals surface area contributed by atoms with Crippen LogP contribution in [-0.4, -0.2) is 32.5 Å². The third-order valence-electron chi connectivity index (χ3n) is 3.40. The number of benzene rings is 1. The molecule has 118 valence electrons. The van der Waals surface area contributed by atoms with Gasteiger partial charge in [-0.3, -0.25) is 0 Å². The Morgan fingerprint density at radius 1 is 1.38 bits per heavy atom. The first-order valence-corrected chi connectivity index (χ1v) is 7.90. The lowest BCUT2D eigenvalue weighted by Crippen LogP contribution is -2.21. The molecular weight excluding hydrogens is 266 g/mol. The van der Waals surface area contributed by atoms with Crippen LogP contribution in [0.5, 0.6) is 11.5 Å². The van der Waals surface area contributed by atoms with Crippen LogP contribution in [0.15, 0.2) is 18.2 Å². The molecule has 1 heterocycles. The van der Waals surface area contributed by atoms with E-state index >= 15 is 0 Å². The summed E-state index contributed by atoms with van der Waals surface area (Å²) in [6.45, 7) is 10.3. The highest BCUT2D eigenvalue weighted by molar-refractivity contribution is 5.46. The summed E-state index contributed by atoms with van der Waals surface area (Å²) in [6.07, 6.45) is 1.08. The molecule has 1 fully saturated rings. The number of hydrogen-bond donors (Lipinski definition) is 1. The van der Waals surface area contributed by atoms with E-state index in [1.165, 1.54) is 0 Å². The molecule has 1 aromatic carbocycles. The molecule has 0 amide bonds. The molecule has 1 N–H and O–H groups in total. The van der Waals surface area contributed by atoms with Crippen LogP contribution in [0, 0.1) is 5.92 Å². The fourth-order valence-corrected chi connectivity index (χ4v) is 2.37. The number of para-hydroxylation sites is 1. The Hall–Kier alpha value is -1.26. The van der Waals surface area contributed by atoms with Gasteiger partial charge in [0.05, 0.1) is 19.8 Å². The number of nitrogens with one attached hydrogen (secondary N) is 1. The molecule has 21 heavy (non-hydrogen) atoms. The molecule has 2 rings (SSSR count). The fourth-order valence-electron chi connectivity index (χ4n) is 2.37. The second kappa shape index (κ2) is 8.25. The Labute approximate surface area is 127 Å². The maximum absolute atomic E-state index is 6.16. The highest BCUT2D eigenvalue weighted by Crippen LogP contribution is 2.33. The van der Waals surface area contributed by atoms with Crippen molar-refractivity contribution in [2.75, 3.05) is 26.4 Å². The Kier molecular flexibility index (Phi) is 6.33. The predicted octanol–water partition coefficient (Wildman–Crippen LogP) is 3.00. The van der Waals surface area contributed by atoms with Gasteiger partial charge in [-0.05, 0) is 25.5 Å². The standard InChI is InChI=1S/C17H27NO3/c1-4-20-16-7-5-6-14(11-18-10-13(2)3)17(16)21-15-8-9-19-12-15/h5-7,13,15,18H,4,8-12H2,1-3H3. The van der Waals surface area contributed by atoms with E-state index in [1.54, 1.807) is 0 Å². The molecule has 0 saturated carbocycles. The highest BCUT2D eigenvalue weighted by Gasteiger charge is 2.21. The maximum atomic E-state index is 6.16. The molecule has 4 heteroatoms.